The second-order valence-corrected chi connectivity index (χ2v) is 8.49. The van der Waals surface area contributed by atoms with E-state index in [1.54, 1.807) is 11.1 Å². The van der Waals surface area contributed by atoms with Crippen molar-refractivity contribution in [3.8, 4) is 11.1 Å². The Labute approximate surface area is 193 Å². The smallest absolute Gasteiger partial charge is 0.368 e. The molecule has 176 valence electrons. The van der Waals surface area contributed by atoms with Gasteiger partial charge in [-0.05, 0) is 41.4 Å². The highest BCUT2D eigenvalue weighted by atomic mass is 32.1. The average Bonchev–Trinajstić information content (AvgIpc) is 3.33. The summed E-state index contributed by atoms with van der Waals surface area (Å²) in [6.45, 7) is 6.65. The Morgan fingerprint density at radius 1 is 1.18 bits per heavy atom. The van der Waals surface area contributed by atoms with Gasteiger partial charge >= 0.3 is 12.2 Å². The summed E-state index contributed by atoms with van der Waals surface area (Å²) >= 11 is 1.46. The van der Waals surface area contributed by atoms with Gasteiger partial charge in [-0.2, -0.15) is 24.5 Å². The van der Waals surface area contributed by atoms with E-state index in [1.807, 2.05) is 23.8 Å². The Morgan fingerprint density at radius 3 is 2.64 bits per heavy atom. The number of piperazine rings is 1. The molecule has 0 unspecified atom stereocenters. The van der Waals surface area contributed by atoms with Crippen molar-refractivity contribution in [2.45, 2.75) is 13.1 Å². The summed E-state index contributed by atoms with van der Waals surface area (Å²) in [4.78, 5) is 24.4. The summed E-state index contributed by atoms with van der Waals surface area (Å²) in [6, 6.07) is 4.23. The number of halogens is 3. The number of hydrogen-bond donors (Lipinski definition) is 2. The van der Waals surface area contributed by atoms with Crippen LogP contribution >= 0.6 is 11.3 Å². The van der Waals surface area contributed by atoms with Crippen LogP contribution in [0.2, 0.25) is 0 Å². The van der Waals surface area contributed by atoms with Crippen molar-refractivity contribution in [2.24, 2.45) is 0 Å². The fourth-order valence-electron chi connectivity index (χ4n) is 3.81. The summed E-state index contributed by atoms with van der Waals surface area (Å²) in [7, 11) is 0. The molecule has 0 bridgehead atoms. The van der Waals surface area contributed by atoms with Gasteiger partial charge in [-0.1, -0.05) is 0 Å². The van der Waals surface area contributed by atoms with Crippen LogP contribution in [0.4, 0.5) is 23.8 Å². The van der Waals surface area contributed by atoms with E-state index in [-0.39, 0.29) is 11.5 Å². The lowest BCUT2D eigenvalue weighted by Crippen LogP contribution is -2.52. The minimum atomic E-state index is -4.52. The number of urea groups is 1. The van der Waals surface area contributed by atoms with E-state index < -0.39 is 11.9 Å². The molecule has 1 aliphatic heterocycles. The van der Waals surface area contributed by atoms with Gasteiger partial charge in [0.15, 0.2) is 0 Å². The third kappa shape index (κ3) is 5.36. The Morgan fingerprint density at radius 2 is 1.97 bits per heavy atom. The quantitative estimate of drug-likeness (QED) is 0.557. The van der Waals surface area contributed by atoms with Gasteiger partial charge in [0.1, 0.15) is 11.5 Å². The summed E-state index contributed by atoms with van der Waals surface area (Å²) < 4.78 is 39.9. The van der Waals surface area contributed by atoms with Crippen LogP contribution in [-0.2, 0) is 6.18 Å². The van der Waals surface area contributed by atoms with Gasteiger partial charge in [0, 0.05) is 63.0 Å². The fourth-order valence-corrected chi connectivity index (χ4v) is 4.47. The molecular formula is C22H25F3N6OS. The molecule has 1 saturated heterocycles. The minimum Gasteiger partial charge on any atom is -0.368 e. The number of pyridine rings is 2. The second kappa shape index (κ2) is 9.92. The average molecular weight is 479 g/mol. The van der Waals surface area contributed by atoms with E-state index in [0.29, 0.717) is 42.9 Å². The topological polar surface area (TPSA) is 73.4 Å². The molecule has 2 N–H and O–H groups in total. The first-order valence-electron chi connectivity index (χ1n) is 10.8. The molecule has 0 saturated carbocycles. The van der Waals surface area contributed by atoms with Crippen LogP contribution in [0.1, 0.15) is 12.6 Å². The Hall–Kier alpha value is -2.92. The molecule has 7 nitrogen and oxygen atoms in total. The molecular weight excluding hydrogens is 453 g/mol. The number of carbonyl (C=O) groups is 1. The first-order chi connectivity index (χ1) is 15.9. The highest BCUT2D eigenvalue weighted by Crippen LogP contribution is 2.35. The molecule has 4 heterocycles. The van der Waals surface area contributed by atoms with Crippen molar-refractivity contribution in [3.63, 3.8) is 0 Å². The minimum absolute atomic E-state index is 0.0395. The lowest BCUT2D eigenvalue weighted by atomic mass is 10.1. The van der Waals surface area contributed by atoms with Gasteiger partial charge < -0.3 is 15.5 Å². The molecule has 0 aliphatic carbocycles. The third-order valence-electron chi connectivity index (χ3n) is 5.56. The summed E-state index contributed by atoms with van der Waals surface area (Å²) in [5, 5.41) is 10.4. The van der Waals surface area contributed by atoms with Crippen LogP contribution in [-0.4, -0.2) is 71.6 Å². The van der Waals surface area contributed by atoms with Crippen molar-refractivity contribution in [1.82, 2.24) is 25.1 Å². The van der Waals surface area contributed by atoms with E-state index in [1.165, 1.54) is 17.4 Å². The van der Waals surface area contributed by atoms with E-state index >= 15 is 0 Å². The molecule has 1 fully saturated rings. The normalized spacial score (nSPS) is 15.1. The maximum atomic E-state index is 13.3. The lowest BCUT2D eigenvalue weighted by molar-refractivity contribution is -0.140. The van der Waals surface area contributed by atoms with Crippen LogP contribution in [0.25, 0.3) is 22.0 Å². The zero-order valence-corrected chi connectivity index (χ0v) is 19.0. The van der Waals surface area contributed by atoms with Gasteiger partial charge in [-0.3, -0.25) is 4.90 Å². The number of rotatable bonds is 6. The number of carbonyl (C=O) groups excluding carboxylic acids is 1. The Bertz CT molecular complexity index is 1100. The van der Waals surface area contributed by atoms with E-state index in [2.05, 4.69) is 25.5 Å². The largest absolute Gasteiger partial charge is 0.433 e. The van der Waals surface area contributed by atoms with Gasteiger partial charge in [0.25, 0.3) is 0 Å². The van der Waals surface area contributed by atoms with Crippen molar-refractivity contribution in [3.05, 3.63) is 40.8 Å². The van der Waals surface area contributed by atoms with Crippen molar-refractivity contribution in [1.29, 1.82) is 0 Å². The van der Waals surface area contributed by atoms with Crippen molar-refractivity contribution < 1.29 is 18.0 Å². The monoisotopic (exact) mass is 478 g/mol. The number of hydrogen-bond acceptors (Lipinski definition) is 6. The Kier molecular flexibility index (Phi) is 6.99. The molecule has 0 spiro atoms. The van der Waals surface area contributed by atoms with Gasteiger partial charge in [-0.25, -0.2) is 14.8 Å². The molecule has 4 rings (SSSR count). The number of aromatic nitrogens is 2. The zero-order valence-electron chi connectivity index (χ0n) is 18.2. The van der Waals surface area contributed by atoms with Crippen LogP contribution in [0, 0.1) is 0 Å². The van der Waals surface area contributed by atoms with Crippen LogP contribution in [0.15, 0.2) is 35.2 Å². The van der Waals surface area contributed by atoms with E-state index in [4.69, 9.17) is 0 Å². The summed E-state index contributed by atoms with van der Waals surface area (Å²) in [5.41, 5.74) is 0.718. The highest BCUT2D eigenvalue weighted by molar-refractivity contribution is 7.08. The molecule has 3 aromatic rings. The number of alkyl halides is 3. The second-order valence-electron chi connectivity index (χ2n) is 7.71. The van der Waals surface area contributed by atoms with Crippen LogP contribution < -0.4 is 10.6 Å². The van der Waals surface area contributed by atoms with Crippen molar-refractivity contribution in [2.75, 3.05) is 51.1 Å². The number of amides is 2. The summed E-state index contributed by atoms with van der Waals surface area (Å²) in [5.74, 6) is 0.506. The maximum absolute atomic E-state index is 13.3. The van der Waals surface area contributed by atoms with Gasteiger partial charge in [0.05, 0.1) is 5.52 Å². The Balaban J connectivity index is 1.46. The highest BCUT2D eigenvalue weighted by Gasteiger charge is 2.33. The number of fused-ring (bicyclic) bond motifs is 1. The molecule has 2 amide bonds. The van der Waals surface area contributed by atoms with Gasteiger partial charge in [0.2, 0.25) is 0 Å². The maximum Gasteiger partial charge on any atom is 0.433 e. The number of anilines is 1. The zero-order chi connectivity index (χ0) is 23.4. The third-order valence-corrected chi connectivity index (χ3v) is 6.24. The van der Waals surface area contributed by atoms with Gasteiger partial charge in [-0.15, -0.1) is 0 Å². The number of nitrogens with zero attached hydrogens (tertiary/aromatic N) is 4. The van der Waals surface area contributed by atoms with Crippen molar-refractivity contribution >= 4 is 34.1 Å². The molecule has 11 heteroatoms. The van der Waals surface area contributed by atoms with Crippen LogP contribution in [0.3, 0.4) is 0 Å². The predicted octanol–water partition coefficient (Wildman–Crippen LogP) is 4.14. The first-order valence-corrected chi connectivity index (χ1v) is 11.7. The molecule has 0 radical (unpaired) electrons. The molecule has 1 aliphatic rings. The number of nitrogens with one attached hydrogen (secondary N) is 2. The number of thiophene rings is 1. The molecule has 0 aromatic carbocycles. The lowest BCUT2D eigenvalue weighted by Gasteiger charge is -2.34. The molecule has 0 atom stereocenters. The first kappa shape index (κ1) is 23.2. The predicted molar refractivity (Wildman–Crippen MR) is 123 cm³/mol. The standard InChI is InChI=1S/C22H25F3N6OS/c1-2-26-21(32)31-10-8-30(9-11-31)7-6-27-20-16-3-4-18(22(23,24)25)29-19(16)17(13-28-20)15-5-12-33-14-15/h3-5,12-14H,2,6-11H2,1H3,(H,26,32)(H,27,28). The van der Waals surface area contributed by atoms with E-state index in [0.717, 1.165) is 31.3 Å². The van der Waals surface area contributed by atoms with Crippen LogP contribution in [0.5, 0.6) is 0 Å². The van der Waals surface area contributed by atoms with E-state index in [9.17, 15) is 18.0 Å². The fraction of sp³-hybridized carbons (Fsp3) is 0.409. The SMILES string of the molecule is CCNC(=O)N1CCN(CCNc2ncc(-c3ccsc3)c3nc(C(F)(F)F)ccc23)CC1. The molecule has 33 heavy (non-hydrogen) atoms. The molecule has 3 aromatic heterocycles. The summed E-state index contributed by atoms with van der Waals surface area (Å²) in [6.07, 6.45) is -2.95.